The minimum absolute atomic E-state index is 0.481. The molecule has 0 spiro atoms. The van der Waals surface area contributed by atoms with Gasteiger partial charge in [-0.15, -0.1) is 0 Å². The van der Waals surface area contributed by atoms with E-state index in [1.54, 1.807) is 0 Å². The highest BCUT2D eigenvalue weighted by Gasteiger charge is 2.35. The summed E-state index contributed by atoms with van der Waals surface area (Å²) in [6, 6.07) is 4.32. The molecule has 1 aromatic carbocycles. The van der Waals surface area contributed by atoms with Crippen molar-refractivity contribution in [2.75, 3.05) is 0 Å². The molecule has 0 saturated heterocycles. The van der Waals surface area contributed by atoms with E-state index in [1.807, 2.05) is 0 Å². The highest BCUT2D eigenvalue weighted by molar-refractivity contribution is 6.59. The molecule has 0 bridgehead atoms. The van der Waals surface area contributed by atoms with Crippen molar-refractivity contribution < 1.29 is 28.0 Å². The van der Waals surface area contributed by atoms with Crippen LogP contribution >= 0.6 is 0 Å². The van der Waals surface area contributed by atoms with Gasteiger partial charge in [0.25, 0.3) is 0 Å². The fourth-order valence-electron chi connectivity index (χ4n) is 0.980. The van der Waals surface area contributed by atoms with Crippen LogP contribution in [0, 0.1) is 0 Å². The number of halogens is 3. The number of hydrogen-bond acceptors (Lipinski definition) is 3. The van der Waals surface area contributed by atoms with Gasteiger partial charge >= 0.3 is 13.3 Å². The van der Waals surface area contributed by atoms with Gasteiger partial charge in [0.15, 0.2) is 0 Å². The van der Waals surface area contributed by atoms with Gasteiger partial charge in [0.1, 0.15) is 0 Å². The normalized spacial score (nSPS) is 10.1. The lowest BCUT2D eigenvalue weighted by Gasteiger charge is -2.11. The minimum atomic E-state index is -4.56. The van der Waals surface area contributed by atoms with Crippen molar-refractivity contribution >= 4 is 18.5 Å². The molecule has 1 rings (SSSR count). The van der Waals surface area contributed by atoms with E-state index in [2.05, 4.69) is 12.3 Å². The molecular formula is C10H11BF3NO3. The quantitative estimate of drug-likeness (QED) is 0.519. The van der Waals surface area contributed by atoms with Crippen LogP contribution in [0.1, 0.15) is 5.56 Å². The van der Waals surface area contributed by atoms with E-state index in [4.69, 9.17) is 10.0 Å². The van der Waals surface area contributed by atoms with Gasteiger partial charge in [-0.25, -0.2) is 0 Å². The Hall–Kier alpha value is -1.80. The lowest BCUT2D eigenvalue weighted by Crippen LogP contribution is -2.35. The van der Waals surface area contributed by atoms with Gasteiger partial charge in [-0.2, -0.15) is 13.2 Å². The average molecular weight is 261 g/mol. The Morgan fingerprint density at radius 3 is 2.06 bits per heavy atom. The molecule has 0 aliphatic heterocycles. The molecule has 1 amide bonds. The van der Waals surface area contributed by atoms with Crippen LogP contribution in [0.15, 0.2) is 36.9 Å². The number of hydrogen-bond donors (Lipinski definition) is 3. The second-order valence-corrected chi connectivity index (χ2v) is 3.07. The van der Waals surface area contributed by atoms with Gasteiger partial charge in [0, 0.05) is 0 Å². The SMILES string of the molecule is C=CC(N)=O.OB(O)c1ccccc1C(F)(F)F. The van der Waals surface area contributed by atoms with E-state index in [9.17, 15) is 18.0 Å². The van der Waals surface area contributed by atoms with Crippen LogP contribution in [0.5, 0.6) is 0 Å². The standard InChI is InChI=1S/C7H6BF3O2.C3H5NO/c9-7(10,11)5-3-1-2-4-6(5)8(12)13;1-2-3(4)5/h1-4,12-13H;2H,1H2,(H2,4,5). The molecule has 0 fully saturated rings. The molecule has 0 heterocycles. The van der Waals surface area contributed by atoms with Gasteiger partial charge < -0.3 is 15.8 Å². The summed E-state index contributed by atoms with van der Waals surface area (Å²) in [5.41, 5.74) is 2.98. The third-order valence-electron chi connectivity index (χ3n) is 1.75. The van der Waals surface area contributed by atoms with Gasteiger partial charge in [0.2, 0.25) is 5.91 Å². The Morgan fingerprint density at radius 1 is 1.33 bits per heavy atom. The monoisotopic (exact) mass is 261 g/mol. The number of amides is 1. The van der Waals surface area contributed by atoms with Crippen molar-refractivity contribution in [2.45, 2.75) is 6.18 Å². The number of nitrogens with two attached hydrogens (primary N) is 1. The van der Waals surface area contributed by atoms with Crippen molar-refractivity contribution in [3.05, 3.63) is 42.5 Å². The number of benzene rings is 1. The fourth-order valence-corrected chi connectivity index (χ4v) is 0.980. The first kappa shape index (κ1) is 16.2. The van der Waals surface area contributed by atoms with Crippen LogP contribution in [0.2, 0.25) is 0 Å². The maximum Gasteiger partial charge on any atom is 0.489 e. The van der Waals surface area contributed by atoms with Crippen LogP contribution in [-0.4, -0.2) is 23.1 Å². The molecule has 0 saturated carbocycles. The zero-order chi connectivity index (χ0) is 14.3. The first-order valence-electron chi connectivity index (χ1n) is 4.64. The second-order valence-electron chi connectivity index (χ2n) is 3.07. The van der Waals surface area contributed by atoms with Crippen molar-refractivity contribution in [2.24, 2.45) is 5.73 Å². The lowest BCUT2D eigenvalue weighted by atomic mass is 9.77. The van der Waals surface area contributed by atoms with Gasteiger partial charge in [-0.3, -0.25) is 4.79 Å². The average Bonchev–Trinajstić information content (AvgIpc) is 2.28. The smallest absolute Gasteiger partial charge is 0.423 e. The molecule has 98 valence electrons. The maximum absolute atomic E-state index is 12.2. The minimum Gasteiger partial charge on any atom is -0.423 e. The van der Waals surface area contributed by atoms with E-state index in [0.29, 0.717) is 0 Å². The molecular weight excluding hydrogens is 250 g/mol. The van der Waals surface area contributed by atoms with Crippen molar-refractivity contribution in [1.29, 1.82) is 0 Å². The second kappa shape index (κ2) is 6.82. The summed E-state index contributed by atoms with van der Waals surface area (Å²) in [5.74, 6) is -0.481. The molecule has 1 aromatic rings. The van der Waals surface area contributed by atoms with Crippen LogP contribution < -0.4 is 11.2 Å². The summed E-state index contributed by atoms with van der Waals surface area (Å²) >= 11 is 0. The van der Waals surface area contributed by atoms with E-state index < -0.39 is 30.2 Å². The fraction of sp³-hybridized carbons (Fsp3) is 0.100. The highest BCUT2D eigenvalue weighted by Crippen LogP contribution is 2.27. The molecule has 4 N–H and O–H groups in total. The summed E-state index contributed by atoms with van der Waals surface area (Å²) in [6.07, 6.45) is -3.50. The summed E-state index contributed by atoms with van der Waals surface area (Å²) < 4.78 is 36.6. The summed E-state index contributed by atoms with van der Waals surface area (Å²) in [5, 5.41) is 17.2. The topological polar surface area (TPSA) is 83.6 Å². The number of rotatable bonds is 2. The van der Waals surface area contributed by atoms with Crippen LogP contribution in [0.3, 0.4) is 0 Å². The Morgan fingerprint density at radius 2 is 1.78 bits per heavy atom. The number of carbonyl (C=O) groups is 1. The van der Waals surface area contributed by atoms with Gasteiger partial charge in [-0.1, -0.05) is 30.8 Å². The van der Waals surface area contributed by atoms with Crippen molar-refractivity contribution in [3.63, 3.8) is 0 Å². The lowest BCUT2D eigenvalue weighted by molar-refractivity contribution is -0.136. The largest absolute Gasteiger partial charge is 0.489 e. The molecule has 0 radical (unpaired) electrons. The van der Waals surface area contributed by atoms with E-state index in [-0.39, 0.29) is 0 Å². The predicted molar refractivity (Wildman–Crippen MR) is 60.7 cm³/mol. The van der Waals surface area contributed by atoms with Crippen molar-refractivity contribution in [1.82, 2.24) is 0 Å². The Bertz CT molecular complexity index is 421. The highest BCUT2D eigenvalue weighted by atomic mass is 19.4. The summed E-state index contributed by atoms with van der Waals surface area (Å²) in [6.45, 7) is 3.09. The Kier molecular flexibility index (Phi) is 6.14. The van der Waals surface area contributed by atoms with Crippen LogP contribution in [0.4, 0.5) is 13.2 Å². The van der Waals surface area contributed by atoms with E-state index in [0.717, 1.165) is 18.2 Å². The summed E-state index contributed by atoms with van der Waals surface area (Å²) in [4.78, 5) is 9.47. The first-order chi connectivity index (χ1) is 8.20. The summed E-state index contributed by atoms with van der Waals surface area (Å²) in [7, 11) is -2.10. The third-order valence-corrected chi connectivity index (χ3v) is 1.75. The Labute approximate surface area is 102 Å². The number of primary amides is 1. The Balaban J connectivity index is 0.000000494. The first-order valence-corrected chi connectivity index (χ1v) is 4.64. The molecule has 4 nitrogen and oxygen atoms in total. The van der Waals surface area contributed by atoms with Crippen molar-refractivity contribution in [3.8, 4) is 0 Å². The molecule has 0 aromatic heterocycles. The van der Waals surface area contributed by atoms with Gasteiger partial charge in [0.05, 0.1) is 5.56 Å². The molecule has 0 aliphatic carbocycles. The molecule has 8 heteroatoms. The third kappa shape index (κ3) is 5.51. The van der Waals surface area contributed by atoms with E-state index in [1.165, 1.54) is 12.1 Å². The van der Waals surface area contributed by atoms with Crippen LogP contribution in [0.25, 0.3) is 0 Å². The molecule has 0 atom stereocenters. The number of alkyl halides is 3. The predicted octanol–water partition coefficient (Wildman–Crippen LogP) is 0.0429. The zero-order valence-electron chi connectivity index (χ0n) is 9.19. The van der Waals surface area contributed by atoms with E-state index >= 15 is 0 Å². The van der Waals surface area contributed by atoms with Gasteiger partial charge in [-0.05, 0) is 11.5 Å². The maximum atomic E-state index is 12.2. The molecule has 0 unspecified atom stereocenters. The molecule has 0 aliphatic rings. The van der Waals surface area contributed by atoms with Crippen LogP contribution in [-0.2, 0) is 11.0 Å². The molecule has 18 heavy (non-hydrogen) atoms. The zero-order valence-corrected chi connectivity index (χ0v) is 9.19. The number of carbonyl (C=O) groups excluding carboxylic acids is 1.